The highest BCUT2D eigenvalue weighted by atomic mass is 16.6. The first-order valence-corrected chi connectivity index (χ1v) is 13.0. The number of ether oxygens (including phenoxy) is 1. The number of fused-ring (bicyclic) bond motifs is 1. The average Bonchev–Trinajstić information content (AvgIpc) is 2.78. The summed E-state index contributed by atoms with van der Waals surface area (Å²) < 4.78 is 7.51. The Labute approximate surface area is 220 Å². The predicted octanol–water partition coefficient (Wildman–Crippen LogP) is 6.03. The summed E-state index contributed by atoms with van der Waals surface area (Å²) in [6.45, 7) is 15.9. The Bertz CT molecular complexity index is 1290. The summed E-state index contributed by atoms with van der Waals surface area (Å²) in [5, 5.41) is 8.44. The van der Waals surface area contributed by atoms with Gasteiger partial charge in [0.2, 0.25) is 0 Å². The molecule has 37 heavy (non-hydrogen) atoms. The van der Waals surface area contributed by atoms with E-state index in [2.05, 4.69) is 35.7 Å². The number of carbonyl (C=O) groups excluding carboxylic acids is 1. The zero-order chi connectivity index (χ0) is 26.7. The van der Waals surface area contributed by atoms with Gasteiger partial charge in [-0.15, -0.1) is 0 Å². The third-order valence-corrected chi connectivity index (χ3v) is 6.81. The van der Waals surface area contributed by atoms with Gasteiger partial charge in [-0.2, -0.15) is 0 Å². The summed E-state index contributed by atoms with van der Waals surface area (Å²) in [4.78, 5) is 21.2. The second kappa shape index (κ2) is 10.8. The van der Waals surface area contributed by atoms with Crippen molar-refractivity contribution in [2.45, 2.75) is 66.0 Å². The Morgan fingerprint density at radius 3 is 2.73 bits per heavy atom. The number of aryl methyl sites for hydroxylation is 1. The monoisotopic (exact) mass is 501 g/mol. The van der Waals surface area contributed by atoms with Crippen molar-refractivity contribution in [3.05, 3.63) is 76.8 Å². The molecule has 7 nitrogen and oxygen atoms in total. The van der Waals surface area contributed by atoms with E-state index in [1.165, 1.54) is 6.42 Å². The Balaban J connectivity index is 1.50. The number of pyridine rings is 2. The molecule has 2 aliphatic rings. The number of nitrogens with one attached hydrogen (secondary N) is 1. The number of hydrogen-bond donors (Lipinski definition) is 1. The Morgan fingerprint density at radius 1 is 1.30 bits per heavy atom. The number of nitrogens with zero attached hydrogens (tertiary/aromatic N) is 4. The van der Waals surface area contributed by atoms with Crippen molar-refractivity contribution in [3.8, 4) is 0 Å². The van der Waals surface area contributed by atoms with Crippen LogP contribution in [-0.4, -0.2) is 44.1 Å². The van der Waals surface area contributed by atoms with Crippen molar-refractivity contribution in [2.24, 2.45) is 5.92 Å². The minimum atomic E-state index is -0.540. The molecule has 4 rings (SSSR count). The number of amides is 1. The van der Waals surface area contributed by atoms with E-state index in [4.69, 9.17) is 10.1 Å². The summed E-state index contributed by atoms with van der Waals surface area (Å²) in [5.41, 5.74) is 6.11. The highest BCUT2D eigenvalue weighted by Gasteiger charge is 2.27. The molecule has 1 fully saturated rings. The molecule has 0 spiro atoms. The van der Waals surface area contributed by atoms with Crippen LogP contribution in [0.4, 0.5) is 4.79 Å². The smallest absolute Gasteiger partial charge is 0.410 e. The molecule has 196 valence electrons. The zero-order valence-electron chi connectivity index (χ0n) is 22.8. The van der Waals surface area contributed by atoms with E-state index in [-0.39, 0.29) is 6.09 Å². The van der Waals surface area contributed by atoms with Crippen LogP contribution in [0.5, 0.6) is 0 Å². The molecule has 0 saturated heterocycles. The first-order valence-electron chi connectivity index (χ1n) is 13.0. The predicted molar refractivity (Wildman–Crippen MR) is 148 cm³/mol. The summed E-state index contributed by atoms with van der Waals surface area (Å²) in [7, 11) is 0. The maximum absolute atomic E-state index is 13.0. The summed E-state index contributed by atoms with van der Waals surface area (Å²) in [5.74, 6) is 0.534. The lowest BCUT2D eigenvalue weighted by molar-refractivity contribution is 0.0173. The molecular weight excluding hydrogens is 462 g/mol. The summed E-state index contributed by atoms with van der Waals surface area (Å²) in [6.07, 6.45) is 15.0. The highest BCUT2D eigenvalue weighted by molar-refractivity contribution is 5.77. The maximum Gasteiger partial charge on any atom is 0.410 e. The molecule has 0 atom stereocenters. The molecule has 1 amide bonds. The molecular formula is C30H39N5O2. The number of rotatable bonds is 7. The van der Waals surface area contributed by atoms with Crippen LogP contribution in [0.25, 0.3) is 18.0 Å². The third kappa shape index (κ3) is 6.59. The fraction of sp³-hybridized carbons (Fsp3) is 0.433. The number of aromatic nitrogens is 2. The Kier molecular flexibility index (Phi) is 7.71. The molecule has 3 heterocycles. The van der Waals surface area contributed by atoms with Crippen LogP contribution in [0, 0.1) is 18.3 Å². The number of hydrogen-bond acceptors (Lipinski definition) is 5. The normalized spacial score (nSPS) is 15.9. The van der Waals surface area contributed by atoms with E-state index in [1.54, 1.807) is 6.07 Å². The van der Waals surface area contributed by atoms with Crippen LogP contribution in [0.3, 0.4) is 0 Å². The van der Waals surface area contributed by atoms with Crippen molar-refractivity contribution in [3.63, 3.8) is 0 Å². The van der Waals surface area contributed by atoms with Gasteiger partial charge in [0, 0.05) is 55.3 Å². The highest BCUT2D eigenvalue weighted by Crippen LogP contribution is 2.30. The van der Waals surface area contributed by atoms with Gasteiger partial charge in [-0.05, 0) is 87.8 Å². The number of carbonyl (C=O) groups is 1. The molecule has 1 N–H and O–H groups in total. The third-order valence-electron chi connectivity index (χ3n) is 6.81. The lowest BCUT2D eigenvalue weighted by Crippen LogP contribution is -2.40. The molecule has 0 aromatic carbocycles. The van der Waals surface area contributed by atoms with Crippen molar-refractivity contribution < 1.29 is 9.53 Å². The zero-order valence-corrected chi connectivity index (χ0v) is 22.8. The van der Waals surface area contributed by atoms with E-state index in [9.17, 15) is 4.79 Å². The second-order valence-corrected chi connectivity index (χ2v) is 11.3. The molecule has 2 aromatic heterocycles. The van der Waals surface area contributed by atoms with Gasteiger partial charge in [-0.25, -0.2) is 4.79 Å². The molecule has 1 aliphatic heterocycles. The van der Waals surface area contributed by atoms with E-state index in [1.807, 2.05) is 68.0 Å². The van der Waals surface area contributed by atoms with Crippen LogP contribution in [0.2, 0.25) is 0 Å². The molecule has 0 bridgehead atoms. The molecule has 2 aromatic rings. The van der Waals surface area contributed by atoms with Gasteiger partial charge in [-0.3, -0.25) is 10.4 Å². The van der Waals surface area contributed by atoms with Crippen molar-refractivity contribution in [2.75, 3.05) is 13.1 Å². The van der Waals surface area contributed by atoms with E-state index < -0.39 is 5.60 Å². The molecule has 1 aliphatic carbocycles. The maximum atomic E-state index is 13.0. The standard InChI is InChI=1S/C30H39N5O2/c1-21(16-33-13-12-26-22(2)14-32-15-27(26)23(33)3)17-34-19-25(10-11-28(34)31)20-35(18-24-8-7-9-24)29(36)37-30(4,5)6/h10-15,17,19,24,31H,3,7-9,16,18,20H2,1-2,4-6H3/b21-17+,31-28?. The Hall–Kier alpha value is -3.61. The van der Waals surface area contributed by atoms with Gasteiger partial charge in [0.25, 0.3) is 0 Å². The van der Waals surface area contributed by atoms with Crippen LogP contribution in [0.15, 0.2) is 49.1 Å². The van der Waals surface area contributed by atoms with Gasteiger partial charge in [0.05, 0.1) is 6.54 Å². The van der Waals surface area contributed by atoms with Crippen molar-refractivity contribution in [1.82, 2.24) is 19.4 Å². The first-order chi connectivity index (χ1) is 17.5. The summed E-state index contributed by atoms with van der Waals surface area (Å²) in [6, 6.07) is 3.70. The van der Waals surface area contributed by atoms with Crippen molar-refractivity contribution >= 4 is 24.1 Å². The Morgan fingerprint density at radius 2 is 2.05 bits per heavy atom. The summed E-state index contributed by atoms with van der Waals surface area (Å²) >= 11 is 0. The van der Waals surface area contributed by atoms with Crippen molar-refractivity contribution in [1.29, 1.82) is 5.41 Å². The molecule has 0 unspecified atom stereocenters. The molecule has 1 saturated carbocycles. The van der Waals surface area contributed by atoms with E-state index in [0.29, 0.717) is 31.0 Å². The average molecular weight is 502 g/mol. The van der Waals surface area contributed by atoms with Gasteiger partial charge < -0.3 is 19.1 Å². The van der Waals surface area contributed by atoms with Crippen LogP contribution >= 0.6 is 0 Å². The molecule has 7 heteroatoms. The van der Waals surface area contributed by atoms with Gasteiger partial charge in [0.1, 0.15) is 11.1 Å². The van der Waals surface area contributed by atoms with Crippen LogP contribution < -0.4 is 5.49 Å². The SMILES string of the molecule is C=C1c2cncc(C)c2C=CN1C/C(C)=C/n1cc(CN(CC2CCC2)C(=O)OC(C)(C)C)ccc1=N. The minimum Gasteiger partial charge on any atom is -0.444 e. The first kappa shape index (κ1) is 26.5. The van der Waals surface area contributed by atoms with Crippen LogP contribution in [0.1, 0.15) is 69.2 Å². The molecule has 0 radical (unpaired) electrons. The minimum absolute atomic E-state index is 0.284. The van der Waals surface area contributed by atoms with Gasteiger partial charge in [0.15, 0.2) is 0 Å². The lowest BCUT2D eigenvalue weighted by Gasteiger charge is -2.33. The van der Waals surface area contributed by atoms with Gasteiger partial charge >= 0.3 is 6.09 Å². The van der Waals surface area contributed by atoms with E-state index in [0.717, 1.165) is 46.4 Å². The fourth-order valence-electron chi connectivity index (χ4n) is 4.63. The van der Waals surface area contributed by atoms with E-state index >= 15 is 0 Å². The topological polar surface area (TPSA) is 74.5 Å². The second-order valence-electron chi connectivity index (χ2n) is 11.3. The van der Waals surface area contributed by atoms with Gasteiger partial charge in [-0.1, -0.05) is 19.1 Å². The fourth-order valence-corrected chi connectivity index (χ4v) is 4.63. The quantitative estimate of drug-likeness (QED) is 0.503. The van der Waals surface area contributed by atoms with Crippen LogP contribution in [-0.2, 0) is 11.3 Å². The lowest BCUT2D eigenvalue weighted by atomic mass is 9.85. The largest absolute Gasteiger partial charge is 0.444 e.